The van der Waals surface area contributed by atoms with Crippen molar-refractivity contribution >= 4 is 5.91 Å². The van der Waals surface area contributed by atoms with Crippen molar-refractivity contribution in [3.63, 3.8) is 0 Å². The van der Waals surface area contributed by atoms with Gasteiger partial charge < -0.3 is 15.6 Å². The summed E-state index contributed by atoms with van der Waals surface area (Å²) in [6, 6.07) is 5.85. The zero-order valence-electron chi connectivity index (χ0n) is 11.2. The van der Waals surface area contributed by atoms with Crippen LogP contribution in [0.25, 0.3) is 0 Å². The number of hydrogen-bond donors (Lipinski definition) is 2. The maximum atomic E-state index is 13.1. The topological polar surface area (TPSA) is 72.9 Å². The van der Waals surface area contributed by atoms with Crippen LogP contribution < -0.4 is 11.1 Å². The summed E-state index contributed by atoms with van der Waals surface area (Å²) in [4.78, 5) is 16.0. The van der Waals surface area contributed by atoms with E-state index in [1.165, 1.54) is 12.1 Å². The Bertz CT molecular complexity index is 596. The zero-order valence-corrected chi connectivity index (χ0v) is 11.2. The molecule has 1 heterocycles. The van der Waals surface area contributed by atoms with E-state index < -0.39 is 0 Å². The van der Waals surface area contributed by atoms with Crippen LogP contribution in [0.4, 0.5) is 4.39 Å². The number of imidazole rings is 1. The first-order valence-electron chi connectivity index (χ1n) is 6.38. The number of nitrogens with zero attached hydrogens (tertiary/aromatic N) is 2. The molecule has 6 heteroatoms. The van der Waals surface area contributed by atoms with Gasteiger partial charge in [-0.3, -0.25) is 4.79 Å². The number of aromatic nitrogens is 2. The van der Waals surface area contributed by atoms with Gasteiger partial charge in [0.2, 0.25) is 0 Å². The Morgan fingerprint density at radius 2 is 2.35 bits per heavy atom. The molecule has 0 aliphatic carbocycles. The second-order valence-electron chi connectivity index (χ2n) is 4.54. The number of nitrogens with one attached hydrogen (secondary N) is 1. The van der Waals surface area contributed by atoms with Crippen LogP contribution in [0, 0.1) is 5.82 Å². The molecule has 0 bridgehead atoms. The average molecular weight is 276 g/mol. The second kappa shape index (κ2) is 6.29. The molecule has 0 fully saturated rings. The van der Waals surface area contributed by atoms with E-state index in [1.54, 1.807) is 36.1 Å². The monoisotopic (exact) mass is 276 g/mol. The van der Waals surface area contributed by atoms with Gasteiger partial charge in [-0.15, -0.1) is 0 Å². The largest absolute Gasteiger partial charge is 0.344 e. The van der Waals surface area contributed by atoms with E-state index in [4.69, 9.17) is 5.73 Å². The van der Waals surface area contributed by atoms with Crippen LogP contribution in [0.5, 0.6) is 0 Å². The molecular formula is C14H17FN4O. The highest BCUT2D eigenvalue weighted by Crippen LogP contribution is 2.14. The van der Waals surface area contributed by atoms with Gasteiger partial charge in [-0.25, -0.2) is 9.37 Å². The number of nitrogens with two attached hydrogens (primary N) is 1. The maximum Gasteiger partial charge on any atom is 0.271 e. The Kier molecular flexibility index (Phi) is 4.47. The van der Waals surface area contributed by atoms with Gasteiger partial charge in [0.15, 0.2) is 0 Å². The Morgan fingerprint density at radius 3 is 3.05 bits per heavy atom. The Hall–Kier alpha value is -2.21. The zero-order chi connectivity index (χ0) is 14.5. The van der Waals surface area contributed by atoms with Crippen molar-refractivity contribution in [1.29, 1.82) is 0 Å². The standard InChI is InChI=1S/C14H17FN4O/c1-10(11-3-2-4-12(15)7-11)18-14(20)13-8-19(6-5-16)9-17-13/h2-4,7-10H,5-6,16H2,1H3,(H,18,20). The van der Waals surface area contributed by atoms with Crippen LogP contribution in [0.2, 0.25) is 0 Å². The molecular weight excluding hydrogens is 259 g/mol. The van der Waals surface area contributed by atoms with Crippen LogP contribution in [0.1, 0.15) is 29.0 Å². The van der Waals surface area contributed by atoms with Crippen molar-refractivity contribution in [2.24, 2.45) is 5.73 Å². The third-order valence-electron chi connectivity index (χ3n) is 2.95. The first kappa shape index (κ1) is 14.2. The van der Waals surface area contributed by atoms with Crippen LogP contribution >= 0.6 is 0 Å². The van der Waals surface area contributed by atoms with Crippen molar-refractivity contribution in [3.8, 4) is 0 Å². The average Bonchev–Trinajstić information content (AvgIpc) is 2.88. The lowest BCUT2D eigenvalue weighted by molar-refractivity contribution is 0.0935. The molecule has 5 nitrogen and oxygen atoms in total. The third-order valence-corrected chi connectivity index (χ3v) is 2.95. The fraction of sp³-hybridized carbons (Fsp3) is 0.286. The molecule has 1 unspecified atom stereocenters. The molecule has 1 amide bonds. The van der Waals surface area contributed by atoms with E-state index in [0.29, 0.717) is 24.3 Å². The molecule has 1 aromatic carbocycles. The van der Waals surface area contributed by atoms with Gasteiger partial charge in [-0.05, 0) is 24.6 Å². The van der Waals surface area contributed by atoms with Gasteiger partial charge in [0.25, 0.3) is 5.91 Å². The number of carbonyl (C=O) groups is 1. The number of hydrogen-bond acceptors (Lipinski definition) is 3. The minimum Gasteiger partial charge on any atom is -0.344 e. The normalized spacial score (nSPS) is 12.2. The van der Waals surface area contributed by atoms with Gasteiger partial charge in [0.05, 0.1) is 12.4 Å². The number of carbonyl (C=O) groups excluding carboxylic acids is 1. The third kappa shape index (κ3) is 3.42. The van der Waals surface area contributed by atoms with Crippen LogP contribution in [0.15, 0.2) is 36.8 Å². The molecule has 0 radical (unpaired) electrons. The van der Waals surface area contributed by atoms with E-state index in [1.807, 2.05) is 0 Å². The van der Waals surface area contributed by atoms with Crippen molar-refractivity contribution in [1.82, 2.24) is 14.9 Å². The summed E-state index contributed by atoms with van der Waals surface area (Å²) >= 11 is 0. The van der Waals surface area contributed by atoms with Gasteiger partial charge in [0.1, 0.15) is 11.5 Å². The van der Waals surface area contributed by atoms with E-state index >= 15 is 0 Å². The van der Waals surface area contributed by atoms with E-state index in [9.17, 15) is 9.18 Å². The predicted molar refractivity (Wildman–Crippen MR) is 73.6 cm³/mol. The molecule has 0 saturated heterocycles. The molecule has 0 saturated carbocycles. The molecule has 106 valence electrons. The number of benzene rings is 1. The molecule has 0 aliphatic heterocycles. The number of amides is 1. The summed E-state index contributed by atoms with van der Waals surface area (Å²) < 4.78 is 14.9. The highest BCUT2D eigenvalue weighted by Gasteiger charge is 2.14. The van der Waals surface area contributed by atoms with Gasteiger partial charge in [0, 0.05) is 19.3 Å². The Labute approximate surface area is 116 Å². The predicted octanol–water partition coefficient (Wildman–Crippen LogP) is 1.47. The Balaban J connectivity index is 2.03. The van der Waals surface area contributed by atoms with Gasteiger partial charge in [-0.2, -0.15) is 0 Å². The summed E-state index contributed by atoms with van der Waals surface area (Å²) in [6.45, 7) is 2.89. The summed E-state index contributed by atoms with van der Waals surface area (Å²) in [7, 11) is 0. The van der Waals surface area contributed by atoms with E-state index in [-0.39, 0.29) is 17.8 Å². The van der Waals surface area contributed by atoms with Crippen LogP contribution in [0.3, 0.4) is 0 Å². The minimum absolute atomic E-state index is 0.294. The first-order chi connectivity index (χ1) is 9.60. The molecule has 1 atom stereocenters. The van der Waals surface area contributed by atoms with Crippen molar-refractivity contribution in [2.45, 2.75) is 19.5 Å². The summed E-state index contributed by atoms with van der Waals surface area (Å²) in [5.74, 6) is -0.617. The van der Waals surface area contributed by atoms with Crippen molar-refractivity contribution < 1.29 is 9.18 Å². The number of halogens is 1. The fourth-order valence-corrected chi connectivity index (χ4v) is 1.88. The van der Waals surface area contributed by atoms with Crippen molar-refractivity contribution in [3.05, 3.63) is 53.9 Å². The lowest BCUT2D eigenvalue weighted by atomic mass is 10.1. The molecule has 20 heavy (non-hydrogen) atoms. The summed E-state index contributed by atoms with van der Waals surface area (Å²) in [6.07, 6.45) is 3.20. The summed E-state index contributed by atoms with van der Waals surface area (Å²) in [5, 5.41) is 2.78. The molecule has 2 aromatic rings. The summed E-state index contributed by atoms with van der Waals surface area (Å²) in [5.41, 5.74) is 6.46. The van der Waals surface area contributed by atoms with Crippen molar-refractivity contribution in [2.75, 3.05) is 6.54 Å². The van der Waals surface area contributed by atoms with E-state index in [2.05, 4.69) is 10.3 Å². The fourth-order valence-electron chi connectivity index (χ4n) is 1.88. The lowest BCUT2D eigenvalue weighted by Gasteiger charge is -2.13. The second-order valence-corrected chi connectivity index (χ2v) is 4.54. The minimum atomic E-state index is -0.323. The van der Waals surface area contributed by atoms with Gasteiger partial charge >= 0.3 is 0 Å². The first-order valence-corrected chi connectivity index (χ1v) is 6.38. The molecule has 0 aliphatic rings. The highest BCUT2D eigenvalue weighted by molar-refractivity contribution is 5.92. The van der Waals surface area contributed by atoms with Gasteiger partial charge in [-0.1, -0.05) is 12.1 Å². The molecule has 2 rings (SSSR count). The molecule has 1 aromatic heterocycles. The number of rotatable bonds is 5. The molecule has 3 N–H and O–H groups in total. The van der Waals surface area contributed by atoms with Crippen LogP contribution in [-0.2, 0) is 6.54 Å². The smallest absolute Gasteiger partial charge is 0.271 e. The maximum absolute atomic E-state index is 13.1. The van der Waals surface area contributed by atoms with Crippen LogP contribution in [-0.4, -0.2) is 22.0 Å². The molecule has 0 spiro atoms. The Morgan fingerprint density at radius 1 is 1.55 bits per heavy atom. The SMILES string of the molecule is CC(NC(=O)c1cn(CCN)cn1)c1cccc(F)c1. The lowest BCUT2D eigenvalue weighted by Crippen LogP contribution is -2.27. The quantitative estimate of drug-likeness (QED) is 0.868. The highest BCUT2D eigenvalue weighted by atomic mass is 19.1. The van der Waals surface area contributed by atoms with E-state index in [0.717, 1.165) is 0 Å².